The first-order valence-electron chi connectivity index (χ1n) is 10.1. The van der Waals surface area contributed by atoms with Crippen LogP contribution in [0.5, 0.6) is 0 Å². The molecule has 0 fully saturated rings. The summed E-state index contributed by atoms with van der Waals surface area (Å²) in [7, 11) is 0. The molecule has 3 aromatic heterocycles. The lowest BCUT2D eigenvalue weighted by atomic mass is 10.1. The zero-order valence-corrected chi connectivity index (χ0v) is 17.2. The fourth-order valence-electron chi connectivity index (χ4n) is 3.58. The monoisotopic (exact) mass is 426 g/mol. The standard InChI is InChI=1S/C24H19FN6O/c1-15-10-22(30-29-15)28-24(32)19-12-21(17-7-3-2-4-8-17)27-23-20(19)13-26-31(23)14-16-6-5-9-18(25)11-16/h2-13H,14H2,1H3,(H2,28,29,30,32). The zero-order chi connectivity index (χ0) is 22.1. The fourth-order valence-corrected chi connectivity index (χ4v) is 3.58. The number of rotatable bonds is 5. The Kier molecular flexibility index (Phi) is 4.95. The van der Waals surface area contributed by atoms with Gasteiger partial charge in [-0.25, -0.2) is 14.1 Å². The van der Waals surface area contributed by atoms with E-state index in [0.29, 0.717) is 34.7 Å². The molecule has 0 atom stereocenters. The number of carbonyl (C=O) groups is 1. The van der Waals surface area contributed by atoms with E-state index in [0.717, 1.165) is 16.8 Å². The first kappa shape index (κ1) is 19.6. The van der Waals surface area contributed by atoms with E-state index in [-0.39, 0.29) is 11.7 Å². The van der Waals surface area contributed by atoms with E-state index >= 15 is 0 Å². The lowest BCUT2D eigenvalue weighted by Gasteiger charge is -2.09. The molecule has 0 saturated carbocycles. The first-order valence-corrected chi connectivity index (χ1v) is 10.1. The first-order chi connectivity index (χ1) is 15.6. The van der Waals surface area contributed by atoms with Crippen LogP contribution in [-0.2, 0) is 6.54 Å². The molecule has 0 unspecified atom stereocenters. The summed E-state index contributed by atoms with van der Waals surface area (Å²) in [6, 6.07) is 19.5. The summed E-state index contributed by atoms with van der Waals surface area (Å²) >= 11 is 0. The van der Waals surface area contributed by atoms with Gasteiger partial charge in [0, 0.05) is 17.3 Å². The van der Waals surface area contributed by atoms with Crippen molar-refractivity contribution < 1.29 is 9.18 Å². The highest BCUT2D eigenvalue weighted by Crippen LogP contribution is 2.26. The number of hydrogen-bond acceptors (Lipinski definition) is 4. The van der Waals surface area contributed by atoms with Crippen LogP contribution >= 0.6 is 0 Å². The zero-order valence-electron chi connectivity index (χ0n) is 17.2. The minimum absolute atomic E-state index is 0.314. The maximum atomic E-state index is 13.7. The smallest absolute Gasteiger partial charge is 0.257 e. The van der Waals surface area contributed by atoms with Gasteiger partial charge in [-0.2, -0.15) is 10.2 Å². The molecule has 0 aliphatic rings. The highest BCUT2D eigenvalue weighted by atomic mass is 19.1. The third-order valence-electron chi connectivity index (χ3n) is 5.09. The molecule has 3 heterocycles. The molecule has 5 aromatic rings. The molecule has 158 valence electrons. The molecule has 0 radical (unpaired) electrons. The second-order valence-corrected chi connectivity index (χ2v) is 7.48. The van der Waals surface area contributed by atoms with Crippen LogP contribution in [0.25, 0.3) is 22.3 Å². The van der Waals surface area contributed by atoms with Crippen LogP contribution in [0.1, 0.15) is 21.6 Å². The molecule has 2 aromatic carbocycles. The Morgan fingerprint density at radius 2 is 1.94 bits per heavy atom. The van der Waals surface area contributed by atoms with Crippen molar-refractivity contribution in [3.05, 3.63) is 95.6 Å². The summed E-state index contributed by atoms with van der Waals surface area (Å²) < 4.78 is 15.3. The van der Waals surface area contributed by atoms with E-state index in [1.807, 2.05) is 43.3 Å². The van der Waals surface area contributed by atoms with E-state index < -0.39 is 0 Å². The minimum atomic E-state index is -0.314. The number of aromatic amines is 1. The van der Waals surface area contributed by atoms with Gasteiger partial charge in [0.25, 0.3) is 5.91 Å². The fraction of sp³-hybridized carbons (Fsp3) is 0.0833. The van der Waals surface area contributed by atoms with Crippen molar-refractivity contribution in [3.8, 4) is 11.3 Å². The number of H-pyrrole nitrogens is 1. The minimum Gasteiger partial charge on any atom is -0.305 e. The van der Waals surface area contributed by atoms with Crippen LogP contribution < -0.4 is 5.32 Å². The summed E-state index contributed by atoms with van der Waals surface area (Å²) in [5, 5.41) is 14.8. The Morgan fingerprint density at radius 1 is 1.09 bits per heavy atom. The number of halogens is 1. The number of fused-ring (bicyclic) bond motifs is 1. The summed E-state index contributed by atoms with van der Waals surface area (Å²) in [5.41, 5.74) is 4.08. The number of nitrogens with zero attached hydrogens (tertiary/aromatic N) is 4. The van der Waals surface area contributed by atoms with E-state index in [9.17, 15) is 9.18 Å². The molecular weight excluding hydrogens is 407 g/mol. The Balaban J connectivity index is 1.61. The molecule has 0 spiro atoms. The molecule has 0 saturated heterocycles. The van der Waals surface area contributed by atoms with Gasteiger partial charge in [0.2, 0.25) is 0 Å². The van der Waals surface area contributed by atoms with Crippen LogP contribution in [0.15, 0.2) is 72.9 Å². The molecule has 0 bridgehead atoms. The van der Waals surface area contributed by atoms with Gasteiger partial charge in [-0.3, -0.25) is 9.89 Å². The SMILES string of the molecule is Cc1cc(NC(=O)c2cc(-c3ccccc3)nc3c2cnn3Cc2cccc(F)c2)n[nH]1. The van der Waals surface area contributed by atoms with Crippen molar-refractivity contribution in [3.63, 3.8) is 0 Å². The quantitative estimate of drug-likeness (QED) is 0.431. The summed E-state index contributed by atoms with van der Waals surface area (Å²) in [6.07, 6.45) is 1.61. The van der Waals surface area contributed by atoms with Crippen molar-refractivity contribution in [2.24, 2.45) is 0 Å². The van der Waals surface area contributed by atoms with Crippen molar-refractivity contribution >= 4 is 22.8 Å². The van der Waals surface area contributed by atoms with Gasteiger partial charge in [0.1, 0.15) is 5.82 Å². The lowest BCUT2D eigenvalue weighted by Crippen LogP contribution is -2.13. The predicted octanol–water partition coefficient (Wildman–Crippen LogP) is 4.57. The van der Waals surface area contributed by atoms with E-state index in [2.05, 4.69) is 20.6 Å². The summed E-state index contributed by atoms with van der Waals surface area (Å²) in [6.45, 7) is 2.18. The van der Waals surface area contributed by atoms with Gasteiger partial charge in [0.05, 0.1) is 29.4 Å². The molecule has 5 rings (SSSR count). The third-order valence-corrected chi connectivity index (χ3v) is 5.09. The van der Waals surface area contributed by atoms with Crippen molar-refractivity contribution in [2.75, 3.05) is 5.32 Å². The molecule has 7 nitrogen and oxygen atoms in total. The number of carbonyl (C=O) groups excluding carboxylic acids is 1. The second-order valence-electron chi connectivity index (χ2n) is 7.48. The van der Waals surface area contributed by atoms with Gasteiger partial charge >= 0.3 is 0 Å². The second kappa shape index (κ2) is 8.07. The number of anilines is 1. The molecule has 1 amide bonds. The van der Waals surface area contributed by atoms with Crippen molar-refractivity contribution in [1.29, 1.82) is 0 Å². The Bertz CT molecular complexity index is 1420. The number of nitrogens with one attached hydrogen (secondary N) is 2. The van der Waals surface area contributed by atoms with Gasteiger partial charge in [0.15, 0.2) is 11.5 Å². The average Bonchev–Trinajstić information content (AvgIpc) is 3.39. The Hall–Kier alpha value is -4.33. The van der Waals surface area contributed by atoms with Gasteiger partial charge in [-0.05, 0) is 30.7 Å². The third kappa shape index (κ3) is 3.85. The van der Waals surface area contributed by atoms with Crippen LogP contribution in [0.2, 0.25) is 0 Å². The Labute approximate surface area is 182 Å². The molecule has 0 aliphatic heterocycles. The highest BCUT2D eigenvalue weighted by Gasteiger charge is 2.18. The molecule has 0 aliphatic carbocycles. The number of pyridine rings is 1. The van der Waals surface area contributed by atoms with Crippen molar-refractivity contribution in [2.45, 2.75) is 13.5 Å². The molecule has 32 heavy (non-hydrogen) atoms. The van der Waals surface area contributed by atoms with Crippen molar-refractivity contribution in [1.82, 2.24) is 25.0 Å². The number of aromatic nitrogens is 5. The van der Waals surface area contributed by atoms with Crippen LogP contribution in [0.3, 0.4) is 0 Å². The maximum absolute atomic E-state index is 13.7. The average molecular weight is 426 g/mol. The number of aryl methyl sites for hydroxylation is 1. The van der Waals surface area contributed by atoms with Crippen LogP contribution in [-0.4, -0.2) is 30.9 Å². The predicted molar refractivity (Wildman–Crippen MR) is 120 cm³/mol. The van der Waals surface area contributed by atoms with Crippen LogP contribution in [0, 0.1) is 12.7 Å². The van der Waals surface area contributed by atoms with E-state index in [1.54, 1.807) is 29.1 Å². The summed E-state index contributed by atoms with van der Waals surface area (Å²) in [4.78, 5) is 17.9. The highest BCUT2D eigenvalue weighted by molar-refractivity contribution is 6.12. The number of benzene rings is 2. The largest absolute Gasteiger partial charge is 0.305 e. The van der Waals surface area contributed by atoms with Gasteiger partial charge in [-0.15, -0.1) is 0 Å². The normalized spacial score (nSPS) is 11.1. The molecule has 2 N–H and O–H groups in total. The van der Waals surface area contributed by atoms with E-state index in [1.165, 1.54) is 12.1 Å². The Morgan fingerprint density at radius 3 is 2.69 bits per heavy atom. The van der Waals surface area contributed by atoms with Crippen LogP contribution in [0.4, 0.5) is 10.2 Å². The maximum Gasteiger partial charge on any atom is 0.257 e. The molecular formula is C24H19FN6O. The molecule has 8 heteroatoms. The number of amides is 1. The van der Waals surface area contributed by atoms with E-state index in [4.69, 9.17) is 4.98 Å². The summed E-state index contributed by atoms with van der Waals surface area (Å²) in [5.74, 6) is -0.191. The number of hydrogen-bond donors (Lipinski definition) is 2. The van der Waals surface area contributed by atoms with Gasteiger partial charge < -0.3 is 5.32 Å². The lowest BCUT2D eigenvalue weighted by molar-refractivity contribution is 0.102. The van der Waals surface area contributed by atoms with Gasteiger partial charge in [-0.1, -0.05) is 42.5 Å². The topological polar surface area (TPSA) is 88.5 Å².